The number of halogens is 4. The SMILES string of the molecule is O=C(C1CC(=O)N(c2ccc(F)cc2)C1)N1CC(c2nc(-c3cccc(C(F)(F)F)c3)no2)C1. The summed E-state index contributed by atoms with van der Waals surface area (Å²) < 4.78 is 57.2. The monoisotopic (exact) mass is 474 g/mol. The van der Waals surface area contributed by atoms with Crippen molar-refractivity contribution in [1.29, 1.82) is 0 Å². The highest BCUT2D eigenvalue weighted by atomic mass is 19.4. The summed E-state index contributed by atoms with van der Waals surface area (Å²) in [6, 6.07) is 10.2. The summed E-state index contributed by atoms with van der Waals surface area (Å²) in [7, 11) is 0. The van der Waals surface area contributed by atoms with Gasteiger partial charge in [0.05, 0.1) is 17.4 Å². The Hall–Kier alpha value is -3.76. The van der Waals surface area contributed by atoms with Crippen molar-refractivity contribution in [3.05, 3.63) is 65.8 Å². The van der Waals surface area contributed by atoms with E-state index >= 15 is 0 Å². The van der Waals surface area contributed by atoms with E-state index in [0.717, 1.165) is 12.1 Å². The van der Waals surface area contributed by atoms with Gasteiger partial charge in [0.15, 0.2) is 0 Å². The maximum atomic E-state index is 13.1. The molecule has 1 aromatic heterocycles. The standard InChI is InChI=1S/C23H18F4N4O3/c24-17-4-6-18(7-5-17)31-12-14(9-19(31)32)22(33)30-10-15(11-30)21-28-20(29-34-21)13-2-1-3-16(8-13)23(25,26)27/h1-8,14-15H,9-12H2. The minimum Gasteiger partial charge on any atom is -0.341 e. The van der Waals surface area contributed by atoms with Crippen molar-refractivity contribution in [1.82, 2.24) is 15.0 Å². The van der Waals surface area contributed by atoms with Crippen LogP contribution in [0.4, 0.5) is 23.2 Å². The topological polar surface area (TPSA) is 79.5 Å². The van der Waals surface area contributed by atoms with E-state index in [0.29, 0.717) is 18.8 Å². The maximum Gasteiger partial charge on any atom is 0.416 e. The van der Waals surface area contributed by atoms with Crippen LogP contribution in [-0.2, 0) is 15.8 Å². The zero-order chi connectivity index (χ0) is 24.0. The van der Waals surface area contributed by atoms with Gasteiger partial charge in [0.1, 0.15) is 5.82 Å². The van der Waals surface area contributed by atoms with Gasteiger partial charge in [-0.1, -0.05) is 17.3 Å². The zero-order valence-electron chi connectivity index (χ0n) is 17.6. The van der Waals surface area contributed by atoms with E-state index in [-0.39, 0.29) is 48.0 Å². The molecule has 0 aliphatic carbocycles. The van der Waals surface area contributed by atoms with E-state index in [1.54, 1.807) is 4.90 Å². The molecule has 3 heterocycles. The predicted octanol–water partition coefficient (Wildman–Crippen LogP) is 3.87. The molecule has 2 aromatic carbocycles. The summed E-state index contributed by atoms with van der Waals surface area (Å²) in [6.07, 6.45) is -4.41. The van der Waals surface area contributed by atoms with Gasteiger partial charge in [0.2, 0.25) is 23.5 Å². The van der Waals surface area contributed by atoms with Crippen LogP contribution in [0.3, 0.4) is 0 Å². The third kappa shape index (κ3) is 4.13. The van der Waals surface area contributed by atoms with E-state index < -0.39 is 23.5 Å². The van der Waals surface area contributed by atoms with E-state index in [1.165, 1.54) is 41.3 Å². The largest absolute Gasteiger partial charge is 0.416 e. The fourth-order valence-electron chi connectivity index (χ4n) is 4.17. The van der Waals surface area contributed by atoms with Crippen molar-refractivity contribution in [2.45, 2.75) is 18.5 Å². The number of carbonyl (C=O) groups excluding carboxylic acids is 2. The Kier molecular flexibility index (Phi) is 5.34. The first-order valence-corrected chi connectivity index (χ1v) is 10.5. The predicted molar refractivity (Wildman–Crippen MR) is 111 cm³/mol. The summed E-state index contributed by atoms with van der Waals surface area (Å²) in [4.78, 5) is 32.5. The summed E-state index contributed by atoms with van der Waals surface area (Å²) >= 11 is 0. The number of aromatic nitrogens is 2. The van der Waals surface area contributed by atoms with Gasteiger partial charge in [-0.3, -0.25) is 9.59 Å². The lowest BCUT2D eigenvalue weighted by molar-refractivity contribution is -0.140. The van der Waals surface area contributed by atoms with Gasteiger partial charge in [0.25, 0.3) is 0 Å². The second kappa shape index (κ2) is 8.23. The molecule has 2 aliphatic heterocycles. The minimum atomic E-state index is -4.48. The molecule has 2 aliphatic rings. The fourth-order valence-corrected chi connectivity index (χ4v) is 4.17. The number of benzene rings is 2. The first-order valence-electron chi connectivity index (χ1n) is 10.5. The lowest BCUT2D eigenvalue weighted by Crippen LogP contribution is -2.51. The van der Waals surface area contributed by atoms with Gasteiger partial charge in [-0.25, -0.2) is 4.39 Å². The van der Waals surface area contributed by atoms with Crippen LogP contribution in [0, 0.1) is 11.7 Å². The molecule has 3 aromatic rings. The van der Waals surface area contributed by atoms with E-state index in [1.807, 2.05) is 0 Å². The van der Waals surface area contributed by atoms with Crippen LogP contribution in [0.25, 0.3) is 11.4 Å². The Morgan fingerprint density at radius 2 is 1.79 bits per heavy atom. The lowest BCUT2D eigenvalue weighted by Gasteiger charge is -2.38. The molecule has 1 unspecified atom stereocenters. The van der Waals surface area contributed by atoms with Crippen LogP contribution in [0.1, 0.15) is 23.8 Å². The number of carbonyl (C=O) groups is 2. The summed E-state index contributed by atoms with van der Waals surface area (Å²) in [6.45, 7) is 0.833. The van der Waals surface area contributed by atoms with Gasteiger partial charge >= 0.3 is 6.18 Å². The minimum absolute atomic E-state index is 0.0437. The molecule has 0 radical (unpaired) electrons. The van der Waals surface area contributed by atoms with Crippen LogP contribution in [0.2, 0.25) is 0 Å². The molecule has 1 atom stereocenters. The molecule has 0 saturated carbocycles. The fraction of sp³-hybridized carbons (Fsp3) is 0.304. The van der Waals surface area contributed by atoms with Crippen LogP contribution in [-0.4, -0.2) is 46.5 Å². The van der Waals surface area contributed by atoms with E-state index in [2.05, 4.69) is 10.1 Å². The smallest absolute Gasteiger partial charge is 0.341 e. The van der Waals surface area contributed by atoms with Crippen LogP contribution >= 0.6 is 0 Å². The lowest BCUT2D eigenvalue weighted by atomic mass is 9.96. The molecule has 176 valence electrons. The Morgan fingerprint density at radius 1 is 1.06 bits per heavy atom. The van der Waals surface area contributed by atoms with Crippen LogP contribution in [0.5, 0.6) is 0 Å². The van der Waals surface area contributed by atoms with Crippen molar-refractivity contribution in [2.24, 2.45) is 5.92 Å². The van der Waals surface area contributed by atoms with Crippen molar-refractivity contribution < 1.29 is 31.7 Å². The van der Waals surface area contributed by atoms with Gasteiger partial charge in [-0.05, 0) is 36.4 Å². The highest BCUT2D eigenvalue weighted by molar-refractivity contribution is 6.00. The third-order valence-corrected chi connectivity index (χ3v) is 6.04. The van der Waals surface area contributed by atoms with Gasteiger partial charge < -0.3 is 14.3 Å². The molecule has 0 bridgehead atoms. The van der Waals surface area contributed by atoms with Gasteiger partial charge in [-0.15, -0.1) is 0 Å². The van der Waals surface area contributed by atoms with Crippen molar-refractivity contribution in [2.75, 3.05) is 24.5 Å². The zero-order valence-corrected chi connectivity index (χ0v) is 17.6. The van der Waals surface area contributed by atoms with Gasteiger partial charge in [0, 0.05) is 37.3 Å². The number of amides is 2. The van der Waals surface area contributed by atoms with Crippen molar-refractivity contribution in [3.8, 4) is 11.4 Å². The average molecular weight is 474 g/mol. The number of likely N-dealkylation sites (tertiary alicyclic amines) is 1. The van der Waals surface area contributed by atoms with E-state index in [9.17, 15) is 27.2 Å². The number of rotatable bonds is 4. The molecule has 34 heavy (non-hydrogen) atoms. The summed E-state index contributed by atoms with van der Waals surface area (Å²) in [5, 5.41) is 3.78. The van der Waals surface area contributed by atoms with Crippen LogP contribution < -0.4 is 4.90 Å². The molecule has 2 saturated heterocycles. The number of hydrogen-bond donors (Lipinski definition) is 0. The van der Waals surface area contributed by atoms with Gasteiger partial charge in [-0.2, -0.15) is 18.2 Å². The first-order chi connectivity index (χ1) is 16.2. The average Bonchev–Trinajstić information content (AvgIpc) is 3.40. The first kappa shape index (κ1) is 22.1. The van der Waals surface area contributed by atoms with Crippen LogP contribution in [0.15, 0.2) is 53.1 Å². The Labute approximate surface area is 191 Å². The third-order valence-electron chi connectivity index (χ3n) is 6.04. The quantitative estimate of drug-likeness (QED) is 0.537. The highest BCUT2D eigenvalue weighted by Gasteiger charge is 2.42. The Bertz CT molecular complexity index is 1240. The summed E-state index contributed by atoms with van der Waals surface area (Å²) in [5.74, 6) is -1.25. The maximum absolute atomic E-state index is 13.1. The molecular weight excluding hydrogens is 456 g/mol. The molecule has 2 amide bonds. The number of anilines is 1. The molecular formula is C23H18F4N4O3. The second-order valence-corrected chi connectivity index (χ2v) is 8.36. The molecule has 5 rings (SSSR count). The number of hydrogen-bond acceptors (Lipinski definition) is 5. The molecule has 2 fully saturated rings. The molecule has 0 spiro atoms. The normalized spacial score (nSPS) is 18.9. The molecule has 0 N–H and O–H groups in total. The second-order valence-electron chi connectivity index (χ2n) is 8.36. The highest BCUT2D eigenvalue weighted by Crippen LogP contribution is 2.34. The van der Waals surface area contributed by atoms with Crippen molar-refractivity contribution >= 4 is 17.5 Å². The Morgan fingerprint density at radius 3 is 2.50 bits per heavy atom. The molecule has 11 heteroatoms. The molecule has 7 nitrogen and oxygen atoms in total. The van der Waals surface area contributed by atoms with E-state index in [4.69, 9.17) is 4.52 Å². The van der Waals surface area contributed by atoms with Crippen molar-refractivity contribution in [3.63, 3.8) is 0 Å². The Balaban J connectivity index is 1.20. The summed E-state index contributed by atoms with van der Waals surface area (Å²) in [5.41, 5.74) is -0.0869. The number of nitrogens with zero attached hydrogens (tertiary/aromatic N) is 4. The number of alkyl halides is 3.